The van der Waals surface area contributed by atoms with Crippen molar-refractivity contribution in [2.75, 3.05) is 19.6 Å². The third kappa shape index (κ3) is 4.70. The number of carbonyl (C=O) groups is 1. The molecule has 0 radical (unpaired) electrons. The average Bonchev–Trinajstić information content (AvgIpc) is 3.37. The van der Waals surface area contributed by atoms with E-state index in [0.29, 0.717) is 11.9 Å². The Kier molecular flexibility index (Phi) is 5.56. The quantitative estimate of drug-likeness (QED) is 0.814. The molecule has 0 bridgehead atoms. The summed E-state index contributed by atoms with van der Waals surface area (Å²) in [7, 11) is 0. The Labute approximate surface area is 129 Å². The molecule has 0 unspecified atom stereocenters. The monoisotopic (exact) mass is 292 g/mol. The lowest BCUT2D eigenvalue weighted by Gasteiger charge is -2.31. The van der Waals surface area contributed by atoms with Crippen LogP contribution in [0, 0.1) is 11.8 Å². The van der Waals surface area contributed by atoms with Crippen LogP contribution in [-0.2, 0) is 4.79 Å². The topological polar surface area (TPSA) is 32.3 Å². The van der Waals surface area contributed by atoms with Crippen LogP contribution in [0.4, 0.5) is 0 Å². The zero-order valence-electron chi connectivity index (χ0n) is 13.5. The maximum atomic E-state index is 12.7. The van der Waals surface area contributed by atoms with Gasteiger partial charge in [0.1, 0.15) is 0 Å². The van der Waals surface area contributed by atoms with Crippen LogP contribution < -0.4 is 5.32 Å². The van der Waals surface area contributed by atoms with Gasteiger partial charge in [-0.3, -0.25) is 4.79 Å². The summed E-state index contributed by atoms with van der Waals surface area (Å²) in [5, 5.41) is 3.41. The summed E-state index contributed by atoms with van der Waals surface area (Å²) < 4.78 is 0. The lowest BCUT2D eigenvalue weighted by Crippen LogP contribution is -2.38. The summed E-state index contributed by atoms with van der Waals surface area (Å²) in [6.45, 7) is 3.36. The second kappa shape index (κ2) is 7.62. The molecule has 0 aromatic heterocycles. The first-order valence-electron chi connectivity index (χ1n) is 9.33. The third-order valence-electron chi connectivity index (χ3n) is 5.71. The second-order valence-electron chi connectivity index (χ2n) is 7.51. The van der Waals surface area contributed by atoms with Crippen LogP contribution in [0.2, 0.25) is 0 Å². The Morgan fingerprint density at radius 2 is 1.62 bits per heavy atom. The lowest BCUT2D eigenvalue weighted by molar-refractivity contribution is -0.133. The SMILES string of the molecule is O=C(CCC1CCNCC1)N(CC1CCCCC1)C1CC1. The molecule has 0 spiro atoms. The van der Waals surface area contributed by atoms with Crippen LogP contribution in [0.5, 0.6) is 0 Å². The van der Waals surface area contributed by atoms with E-state index in [9.17, 15) is 4.79 Å². The number of amides is 1. The molecule has 3 rings (SSSR count). The van der Waals surface area contributed by atoms with Crippen molar-refractivity contribution in [2.45, 2.75) is 76.7 Å². The number of hydrogen-bond acceptors (Lipinski definition) is 2. The van der Waals surface area contributed by atoms with Crippen LogP contribution in [-0.4, -0.2) is 36.5 Å². The second-order valence-corrected chi connectivity index (χ2v) is 7.51. The van der Waals surface area contributed by atoms with Crippen LogP contribution in [0.1, 0.15) is 70.6 Å². The van der Waals surface area contributed by atoms with Gasteiger partial charge in [-0.05, 0) is 69.9 Å². The van der Waals surface area contributed by atoms with Gasteiger partial charge in [-0.2, -0.15) is 0 Å². The Bertz CT molecular complexity index is 328. The van der Waals surface area contributed by atoms with Gasteiger partial charge in [0.2, 0.25) is 5.91 Å². The summed E-state index contributed by atoms with van der Waals surface area (Å²) in [4.78, 5) is 14.9. The van der Waals surface area contributed by atoms with Gasteiger partial charge >= 0.3 is 0 Å². The Morgan fingerprint density at radius 1 is 0.905 bits per heavy atom. The fraction of sp³-hybridized carbons (Fsp3) is 0.944. The van der Waals surface area contributed by atoms with Gasteiger partial charge in [0.15, 0.2) is 0 Å². The molecular weight excluding hydrogens is 260 g/mol. The van der Waals surface area contributed by atoms with Crippen molar-refractivity contribution in [1.82, 2.24) is 10.2 Å². The van der Waals surface area contributed by atoms with Crippen LogP contribution >= 0.6 is 0 Å². The van der Waals surface area contributed by atoms with Gasteiger partial charge in [-0.15, -0.1) is 0 Å². The Morgan fingerprint density at radius 3 is 2.29 bits per heavy atom. The lowest BCUT2D eigenvalue weighted by atomic mass is 9.88. The van der Waals surface area contributed by atoms with E-state index in [1.54, 1.807) is 0 Å². The highest BCUT2D eigenvalue weighted by atomic mass is 16.2. The maximum absolute atomic E-state index is 12.7. The highest BCUT2D eigenvalue weighted by Gasteiger charge is 2.34. The predicted octanol–water partition coefficient (Wildman–Crippen LogP) is 3.34. The number of nitrogens with one attached hydrogen (secondary N) is 1. The van der Waals surface area contributed by atoms with E-state index in [4.69, 9.17) is 0 Å². The largest absolute Gasteiger partial charge is 0.339 e. The molecule has 3 aliphatic rings. The smallest absolute Gasteiger partial charge is 0.222 e. The minimum Gasteiger partial charge on any atom is -0.339 e. The summed E-state index contributed by atoms with van der Waals surface area (Å²) in [5.74, 6) is 2.04. The molecule has 2 aliphatic carbocycles. The summed E-state index contributed by atoms with van der Waals surface area (Å²) in [6, 6.07) is 0.604. The van der Waals surface area contributed by atoms with E-state index in [0.717, 1.165) is 44.3 Å². The van der Waals surface area contributed by atoms with Crippen molar-refractivity contribution in [3.05, 3.63) is 0 Å². The number of nitrogens with zero attached hydrogens (tertiary/aromatic N) is 1. The highest BCUT2D eigenvalue weighted by molar-refractivity contribution is 5.76. The Hall–Kier alpha value is -0.570. The zero-order chi connectivity index (χ0) is 14.5. The van der Waals surface area contributed by atoms with Gasteiger partial charge in [-0.25, -0.2) is 0 Å². The van der Waals surface area contributed by atoms with Crippen molar-refractivity contribution in [3.8, 4) is 0 Å². The maximum Gasteiger partial charge on any atom is 0.222 e. The van der Waals surface area contributed by atoms with Crippen molar-refractivity contribution in [2.24, 2.45) is 11.8 Å². The number of carbonyl (C=O) groups excluding carboxylic acids is 1. The number of piperidine rings is 1. The fourth-order valence-electron chi connectivity index (χ4n) is 4.13. The van der Waals surface area contributed by atoms with E-state index < -0.39 is 0 Å². The highest BCUT2D eigenvalue weighted by Crippen LogP contribution is 2.32. The van der Waals surface area contributed by atoms with E-state index in [1.165, 1.54) is 57.8 Å². The number of hydrogen-bond donors (Lipinski definition) is 1. The summed E-state index contributed by atoms with van der Waals surface area (Å²) in [5.41, 5.74) is 0. The van der Waals surface area contributed by atoms with E-state index in [1.807, 2.05) is 0 Å². The molecule has 3 heteroatoms. The molecule has 21 heavy (non-hydrogen) atoms. The first-order chi connectivity index (χ1) is 10.3. The van der Waals surface area contributed by atoms with Crippen LogP contribution in [0.15, 0.2) is 0 Å². The van der Waals surface area contributed by atoms with E-state index >= 15 is 0 Å². The molecule has 1 saturated heterocycles. The van der Waals surface area contributed by atoms with E-state index in [-0.39, 0.29) is 0 Å². The third-order valence-corrected chi connectivity index (χ3v) is 5.71. The van der Waals surface area contributed by atoms with Gasteiger partial charge in [0, 0.05) is 19.0 Å². The van der Waals surface area contributed by atoms with Gasteiger partial charge in [0.25, 0.3) is 0 Å². The van der Waals surface area contributed by atoms with Crippen molar-refractivity contribution in [3.63, 3.8) is 0 Å². The molecule has 120 valence electrons. The predicted molar refractivity (Wildman–Crippen MR) is 86.1 cm³/mol. The first-order valence-corrected chi connectivity index (χ1v) is 9.33. The molecule has 3 nitrogen and oxygen atoms in total. The minimum absolute atomic E-state index is 0.460. The summed E-state index contributed by atoms with van der Waals surface area (Å²) in [6.07, 6.45) is 13.8. The molecule has 2 saturated carbocycles. The molecule has 1 N–H and O–H groups in total. The normalized spacial score (nSPS) is 25.0. The molecule has 1 heterocycles. The molecule has 1 amide bonds. The van der Waals surface area contributed by atoms with Crippen LogP contribution in [0.25, 0.3) is 0 Å². The average molecular weight is 292 g/mol. The number of rotatable bonds is 6. The fourth-order valence-corrected chi connectivity index (χ4v) is 4.13. The molecular formula is C18H32N2O. The minimum atomic E-state index is 0.460. The van der Waals surface area contributed by atoms with Gasteiger partial charge in [0.05, 0.1) is 0 Å². The summed E-state index contributed by atoms with van der Waals surface area (Å²) >= 11 is 0. The molecule has 0 aromatic rings. The van der Waals surface area contributed by atoms with Crippen molar-refractivity contribution < 1.29 is 4.79 Å². The van der Waals surface area contributed by atoms with Crippen molar-refractivity contribution in [1.29, 1.82) is 0 Å². The molecule has 1 aliphatic heterocycles. The Balaban J connectivity index is 1.44. The van der Waals surface area contributed by atoms with Crippen molar-refractivity contribution >= 4 is 5.91 Å². The van der Waals surface area contributed by atoms with Crippen LogP contribution in [0.3, 0.4) is 0 Å². The van der Waals surface area contributed by atoms with Gasteiger partial charge < -0.3 is 10.2 Å². The molecule has 3 fully saturated rings. The first kappa shape index (κ1) is 15.3. The standard InChI is InChI=1S/C18H32N2O/c21-18(9-6-15-10-12-19-13-11-15)20(17-7-8-17)14-16-4-2-1-3-5-16/h15-17,19H,1-14H2. The van der Waals surface area contributed by atoms with E-state index in [2.05, 4.69) is 10.2 Å². The zero-order valence-corrected chi connectivity index (χ0v) is 13.5. The molecule has 0 atom stereocenters. The molecule has 0 aromatic carbocycles. The van der Waals surface area contributed by atoms with Gasteiger partial charge in [-0.1, -0.05) is 19.3 Å².